The molecule has 0 saturated carbocycles. The van der Waals surface area contributed by atoms with E-state index in [1.807, 2.05) is 0 Å². The highest BCUT2D eigenvalue weighted by atomic mass is 32.2. The van der Waals surface area contributed by atoms with Gasteiger partial charge in [0.15, 0.2) is 0 Å². The summed E-state index contributed by atoms with van der Waals surface area (Å²) in [5.41, 5.74) is 1.10. The van der Waals surface area contributed by atoms with Crippen molar-refractivity contribution < 1.29 is 9.18 Å². The molecule has 94 valence electrons. The number of halogens is 1. The van der Waals surface area contributed by atoms with Crippen LogP contribution in [0.2, 0.25) is 0 Å². The molecule has 0 aliphatic heterocycles. The lowest BCUT2D eigenvalue weighted by molar-refractivity contribution is -0.113. The average Bonchev–Trinajstić information content (AvgIpc) is 2.23. The van der Waals surface area contributed by atoms with Crippen LogP contribution in [0, 0.1) is 18.7 Å². The van der Waals surface area contributed by atoms with Gasteiger partial charge in [0.05, 0.1) is 5.75 Å². The summed E-state index contributed by atoms with van der Waals surface area (Å²) in [4.78, 5) is 11.5. The molecule has 1 rings (SSSR count). The van der Waals surface area contributed by atoms with E-state index in [1.54, 1.807) is 30.8 Å². The Hall–Kier alpha value is -1.03. The van der Waals surface area contributed by atoms with E-state index in [2.05, 4.69) is 19.2 Å². The number of hydrogen-bond acceptors (Lipinski definition) is 2. The maximum absolute atomic E-state index is 13.2. The Morgan fingerprint density at radius 2 is 2.18 bits per heavy atom. The molecular formula is C13H18FNOS. The van der Waals surface area contributed by atoms with Crippen LogP contribution in [0.1, 0.15) is 19.4 Å². The van der Waals surface area contributed by atoms with Gasteiger partial charge >= 0.3 is 0 Å². The Morgan fingerprint density at radius 1 is 1.47 bits per heavy atom. The zero-order valence-electron chi connectivity index (χ0n) is 10.4. The number of nitrogens with one attached hydrogen (secondary N) is 1. The van der Waals surface area contributed by atoms with Gasteiger partial charge in [-0.15, -0.1) is 0 Å². The first-order chi connectivity index (χ1) is 7.99. The molecule has 0 bridgehead atoms. The van der Waals surface area contributed by atoms with Gasteiger partial charge in [-0.25, -0.2) is 4.39 Å². The van der Waals surface area contributed by atoms with Crippen molar-refractivity contribution in [2.24, 2.45) is 5.92 Å². The zero-order chi connectivity index (χ0) is 12.8. The Morgan fingerprint density at radius 3 is 2.76 bits per heavy atom. The van der Waals surface area contributed by atoms with Gasteiger partial charge in [0, 0.05) is 5.69 Å². The number of thioether (sulfide) groups is 1. The number of anilines is 1. The number of carbonyl (C=O) groups excluding carboxylic acids is 1. The molecule has 1 N–H and O–H groups in total. The average molecular weight is 255 g/mol. The van der Waals surface area contributed by atoms with E-state index < -0.39 is 0 Å². The maximum Gasteiger partial charge on any atom is 0.234 e. The monoisotopic (exact) mass is 255 g/mol. The lowest BCUT2D eigenvalue weighted by Gasteiger charge is -2.07. The number of rotatable bonds is 5. The van der Waals surface area contributed by atoms with Crippen molar-refractivity contribution in [3.8, 4) is 0 Å². The van der Waals surface area contributed by atoms with E-state index >= 15 is 0 Å². The molecule has 0 heterocycles. The van der Waals surface area contributed by atoms with Crippen LogP contribution in [-0.2, 0) is 4.79 Å². The van der Waals surface area contributed by atoms with Crippen molar-refractivity contribution in [2.45, 2.75) is 20.8 Å². The SMILES string of the molecule is Cc1ccc(NC(=O)CSCC(C)C)cc1F. The summed E-state index contributed by atoms with van der Waals surface area (Å²) in [6.07, 6.45) is 0. The molecule has 0 atom stereocenters. The zero-order valence-corrected chi connectivity index (χ0v) is 11.2. The Balaban J connectivity index is 2.42. The second-order valence-corrected chi connectivity index (χ2v) is 5.45. The molecule has 1 aromatic carbocycles. The van der Waals surface area contributed by atoms with Crippen LogP contribution < -0.4 is 5.32 Å². The Labute approximate surface area is 106 Å². The summed E-state index contributed by atoms with van der Waals surface area (Å²) in [5, 5.41) is 2.68. The van der Waals surface area contributed by atoms with Crippen LogP contribution in [0.4, 0.5) is 10.1 Å². The number of aryl methyl sites for hydroxylation is 1. The molecule has 1 amide bonds. The fourth-order valence-electron chi connectivity index (χ4n) is 1.26. The molecule has 0 fully saturated rings. The van der Waals surface area contributed by atoms with Gasteiger partial charge in [-0.2, -0.15) is 11.8 Å². The molecule has 0 saturated heterocycles. The number of benzene rings is 1. The van der Waals surface area contributed by atoms with Gasteiger partial charge in [0.1, 0.15) is 5.82 Å². The van der Waals surface area contributed by atoms with Crippen molar-refractivity contribution in [3.05, 3.63) is 29.6 Å². The van der Waals surface area contributed by atoms with Crippen LogP contribution in [0.25, 0.3) is 0 Å². The third-order valence-electron chi connectivity index (χ3n) is 2.14. The summed E-state index contributed by atoms with van der Waals surface area (Å²) < 4.78 is 13.2. The highest BCUT2D eigenvalue weighted by Crippen LogP contribution is 2.14. The summed E-state index contributed by atoms with van der Waals surface area (Å²) in [6.45, 7) is 5.92. The predicted octanol–water partition coefficient (Wildman–Crippen LogP) is 3.46. The van der Waals surface area contributed by atoms with Gasteiger partial charge in [-0.05, 0) is 36.3 Å². The largest absolute Gasteiger partial charge is 0.325 e. The minimum Gasteiger partial charge on any atom is -0.325 e. The van der Waals surface area contributed by atoms with E-state index in [4.69, 9.17) is 0 Å². The second kappa shape index (κ2) is 6.64. The van der Waals surface area contributed by atoms with Crippen molar-refractivity contribution in [3.63, 3.8) is 0 Å². The van der Waals surface area contributed by atoms with Crippen molar-refractivity contribution >= 4 is 23.4 Å². The number of hydrogen-bond donors (Lipinski definition) is 1. The van der Waals surface area contributed by atoms with Crippen LogP contribution in [0.3, 0.4) is 0 Å². The normalized spacial score (nSPS) is 10.6. The first-order valence-electron chi connectivity index (χ1n) is 5.62. The molecule has 0 aliphatic carbocycles. The Bertz CT molecular complexity index is 393. The molecule has 0 radical (unpaired) electrons. The highest BCUT2D eigenvalue weighted by molar-refractivity contribution is 7.99. The van der Waals surface area contributed by atoms with E-state index in [-0.39, 0.29) is 11.7 Å². The van der Waals surface area contributed by atoms with E-state index in [0.717, 1.165) is 5.75 Å². The van der Waals surface area contributed by atoms with Crippen LogP contribution in [0.5, 0.6) is 0 Å². The van der Waals surface area contributed by atoms with Gasteiger partial charge in [0.2, 0.25) is 5.91 Å². The van der Waals surface area contributed by atoms with Gasteiger partial charge in [0.25, 0.3) is 0 Å². The first kappa shape index (κ1) is 14.0. The van der Waals surface area contributed by atoms with Crippen LogP contribution in [-0.4, -0.2) is 17.4 Å². The molecule has 2 nitrogen and oxygen atoms in total. The lowest BCUT2D eigenvalue weighted by Crippen LogP contribution is -2.15. The molecule has 17 heavy (non-hydrogen) atoms. The van der Waals surface area contributed by atoms with Crippen LogP contribution in [0.15, 0.2) is 18.2 Å². The fourth-order valence-corrected chi connectivity index (χ4v) is 2.10. The standard InChI is InChI=1S/C13H18FNOS/c1-9(2)7-17-8-13(16)15-11-5-4-10(3)12(14)6-11/h4-6,9H,7-8H2,1-3H3,(H,15,16). The highest BCUT2D eigenvalue weighted by Gasteiger charge is 2.05. The molecule has 0 aliphatic rings. The molecule has 4 heteroatoms. The smallest absolute Gasteiger partial charge is 0.234 e. The van der Waals surface area contributed by atoms with E-state index in [1.165, 1.54) is 6.07 Å². The van der Waals surface area contributed by atoms with Crippen molar-refractivity contribution in [1.29, 1.82) is 0 Å². The summed E-state index contributed by atoms with van der Waals surface area (Å²) in [7, 11) is 0. The van der Waals surface area contributed by atoms with E-state index in [9.17, 15) is 9.18 Å². The molecule has 1 aromatic rings. The quantitative estimate of drug-likeness (QED) is 0.873. The minimum absolute atomic E-state index is 0.0843. The summed E-state index contributed by atoms with van der Waals surface area (Å²) in [6, 6.07) is 4.72. The molecule has 0 spiro atoms. The molecular weight excluding hydrogens is 237 g/mol. The first-order valence-corrected chi connectivity index (χ1v) is 6.78. The Kier molecular flexibility index (Phi) is 5.48. The van der Waals surface area contributed by atoms with Crippen LogP contribution >= 0.6 is 11.8 Å². The molecule has 0 unspecified atom stereocenters. The third kappa shape index (κ3) is 5.22. The van der Waals surface area contributed by atoms with Crippen molar-refractivity contribution in [2.75, 3.05) is 16.8 Å². The van der Waals surface area contributed by atoms with Gasteiger partial charge < -0.3 is 5.32 Å². The number of carbonyl (C=O) groups is 1. The topological polar surface area (TPSA) is 29.1 Å². The predicted molar refractivity (Wildman–Crippen MR) is 71.9 cm³/mol. The lowest BCUT2D eigenvalue weighted by atomic mass is 10.2. The van der Waals surface area contributed by atoms with Gasteiger partial charge in [-0.1, -0.05) is 19.9 Å². The third-order valence-corrected chi connectivity index (χ3v) is 3.51. The number of amides is 1. The summed E-state index contributed by atoms with van der Waals surface area (Å²) >= 11 is 1.59. The van der Waals surface area contributed by atoms with Crippen molar-refractivity contribution in [1.82, 2.24) is 0 Å². The summed E-state index contributed by atoms with van der Waals surface area (Å²) in [5.74, 6) is 1.56. The van der Waals surface area contributed by atoms with Gasteiger partial charge in [-0.3, -0.25) is 4.79 Å². The second-order valence-electron chi connectivity index (χ2n) is 4.42. The molecule has 0 aromatic heterocycles. The fraction of sp³-hybridized carbons (Fsp3) is 0.462. The maximum atomic E-state index is 13.2. The minimum atomic E-state index is -0.294. The van der Waals surface area contributed by atoms with E-state index in [0.29, 0.717) is 22.9 Å².